The second-order valence-electron chi connectivity index (χ2n) is 18.9. The third-order valence-electron chi connectivity index (χ3n) is 12.3. The molecule has 0 bridgehead atoms. The summed E-state index contributed by atoms with van der Waals surface area (Å²) in [4.78, 5) is 14.1. The number of hydrogen-bond donors (Lipinski definition) is 1. The van der Waals surface area contributed by atoms with Gasteiger partial charge in [0, 0.05) is 0 Å². The molecule has 6 aromatic rings. The number of ether oxygens (including phenoxy) is 10. The number of carbonyl (C=O) groups excluding carboxylic acids is 1. The highest BCUT2D eigenvalue weighted by atomic mass is 16.8. The maximum atomic E-state index is 14.1. The summed E-state index contributed by atoms with van der Waals surface area (Å²) in [6.07, 6.45) is -10.8. The van der Waals surface area contributed by atoms with E-state index in [0.29, 0.717) is 6.61 Å². The molecule has 12 heteroatoms. The van der Waals surface area contributed by atoms with E-state index in [-0.39, 0.29) is 46.2 Å². The van der Waals surface area contributed by atoms with E-state index in [1.807, 2.05) is 182 Å². The zero-order valence-corrected chi connectivity index (χ0v) is 40.7. The van der Waals surface area contributed by atoms with Crippen molar-refractivity contribution in [3.63, 3.8) is 0 Å². The van der Waals surface area contributed by atoms with E-state index >= 15 is 0 Å². The fourth-order valence-electron chi connectivity index (χ4n) is 8.39. The highest BCUT2D eigenvalue weighted by Crippen LogP contribution is 2.37. The normalized spacial score (nSPS) is 24.6. The Balaban J connectivity index is 1.17. The van der Waals surface area contributed by atoms with Crippen molar-refractivity contribution in [2.75, 3.05) is 13.2 Å². The minimum Gasteiger partial charge on any atom is -0.454 e. The first-order valence-electron chi connectivity index (χ1n) is 24.4. The molecule has 0 aliphatic carbocycles. The van der Waals surface area contributed by atoms with E-state index in [2.05, 4.69) is 0 Å². The van der Waals surface area contributed by atoms with Gasteiger partial charge in [0.1, 0.15) is 42.7 Å². The molecule has 374 valence electrons. The van der Waals surface area contributed by atoms with E-state index in [9.17, 15) is 9.90 Å². The standard InChI is InChI=1S/C59H66O12/c1-59(2,3)58(61)71-55-54(66-38-46-30-18-8-19-31-46)52(49(41-63-35-43-24-12-5-13-25-43)68-56(55)67-39-47-32-20-9-21-33-47)70-57-53(65-37-45-28-16-7-17-29-45)50(60)51(64-36-44-26-14-6-15-27-44)48(69-57)40-62-34-42-22-10-4-11-23-42/h4-33,48-57,60H,34-41H2,1-3H3/t48-,49-,50+,51+,52-,53-,54+,55-,56-,57+/m1/s1. The van der Waals surface area contributed by atoms with Crippen molar-refractivity contribution in [2.24, 2.45) is 5.41 Å². The molecule has 12 nitrogen and oxygen atoms in total. The molecule has 0 radical (unpaired) electrons. The summed E-state index contributed by atoms with van der Waals surface area (Å²) < 4.78 is 67.2. The predicted molar refractivity (Wildman–Crippen MR) is 266 cm³/mol. The van der Waals surface area contributed by atoms with E-state index in [4.69, 9.17) is 47.4 Å². The maximum absolute atomic E-state index is 14.1. The van der Waals surface area contributed by atoms with Crippen LogP contribution in [0.5, 0.6) is 0 Å². The number of carbonyl (C=O) groups is 1. The third-order valence-corrected chi connectivity index (χ3v) is 12.3. The SMILES string of the molecule is CC(C)(C)C(=O)O[C@H]1[C@H](OCc2ccccc2)O[C@H](COCc2ccccc2)[C@@H](O[C@@H]2O[C@H](COCc3ccccc3)[C@H](OCc3ccccc3)[C@H](O)[C@H]2OCc2ccccc2)[C@@H]1OCc1ccccc1. The molecule has 8 rings (SSSR count). The molecule has 10 atom stereocenters. The Kier molecular flexibility index (Phi) is 19.1. The average Bonchev–Trinajstić information content (AvgIpc) is 3.39. The first-order chi connectivity index (χ1) is 34.7. The van der Waals surface area contributed by atoms with Crippen LogP contribution >= 0.6 is 0 Å². The lowest BCUT2D eigenvalue weighted by molar-refractivity contribution is -0.373. The second-order valence-corrected chi connectivity index (χ2v) is 18.9. The number of rotatable bonds is 23. The van der Waals surface area contributed by atoms with Gasteiger partial charge in [-0.2, -0.15) is 0 Å². The molecule has 2 aliphatic heterocycles. The van der Waals surface area contributed by atoms with E-state index in [1.54, 1.807) is 20.8 Å². The van der Waals surface area contributed by atoms with Gasteiger partial charge in [-0.1, -0.05) is 182 Å². The minimum atomic E-state index is -1.29. The highest BCUT2D eigenvalue weighted by molar-refractivity contribution is 5.75. The van der Waals surface area contributed by atoms with Crippen molar-refractivity contribution in [2.45, 2.75) is 122 Å². The van der Waals surface area contributed by atoms with Crippen molar-refractivity contribution in [1.29, 1.82) is 0 Å². The topological polar surface area (TPSA) is 130 Å². The lowest BCUT2D eigenvalue weighted by atomic mass is 9.94. The molecule has 71 heavy (non-hydrogen) atoms. The second kappa shape index (κ2) is 26.2. The molecule has 2 saturated heterocycles. The van der Waals surface area contributed by atoms with Gasteiger partial charge in [0.05, 0.1) is 58.3 Å². The van der Waals surface area contributed by atoms with Crippen LogP contribution in [0.25, 0.3) is 0 Å². The molecular formula is C59H66O12. The molecule has 6 aromatic carbocycles. The minimum absolute atomic E-state index is 0.00708. The highest BCUT2D eigenvalue weighted by Gasteiger charge is 2.55. The van der Waals surface area contributed by atoms with Gasteiger partial charge in [0.25, 0.3) is 0 Å². The van der Waals surface area contributed by atoms with Crippen molar-refractivity contribution in [3.05, 3.63) is 215 Å². The first kappa shape index (κ1) is 51.7. The van der Waals surface area contributed by atoms with Gasteiger partial charge in [-0.15, -0.1) is 0 Å². The van der Waals surface area contributed by atoms with Gasteiger partial charge in [-0.3, -0.25) is 4.79 Å². The molecule has 0 saturated carbocycles. The molecule has 0 amide bonds. The van der Waals surface area contributed by atoms with Crippen LogP contribution in [0.4, 0.5) is 0 Å². The molecule has 0 spiro atoms. The van der Waals surface area contributed by atoms with Crippen molar-refractivity contribution in [1.82, 2.24) is 0 Å². The van der Waals surface area contributed by atoms with Crippen LogP contribution in [-0.4, -0.2) is 85.7 Å². The number of esters is 1. The summed E-state index contributed by atoms with van der Waals surface area (Å²) in [5.74, 6) is -0.493. The van der Waals surface area contributed by atoms with Gasteiger partial charge in [-0.25, -0.2) is 0 Å². The molecular weight excluding hydrogens is 901 g/mol. The van der Waals surface area contributed by atoms with Gasteiger partial charge in [0.15, 0.2) is 18.7 Å². The van der Waals surface area contributed by atoms with Crippen LogP contribution in [0.15, 0.2) is 182 Å². The van der Waals surface area contributed by atoms with E-state index in [0.717, 1.165) is 33.4 Å². The predicted octanol–water partition coefficient (Wildman–Crippen LogP) is 9.55. The Labute approximate surface area is 417 Å². The van der Waals surface area contributed by atoms with Crippen LogP contribution in [0.2, 0.25) is 0 Å². The van der Waals surface area contributed by atoms with Crippen molar-refractivity contribution >= 4 is 5.97 Å². The lowest BCUT2D eigenvalue weighted by Gasteiger charge is -2.49. The van der Waals surface area contributed by atoms with Crippen LogP contribution < -0.4 is 0 Å². The van der Waals surface area contributed by atoms with Gasteiger partial charge >= 0.3 is 5.97 Å². The number of aliphatic hydroxyl groups is 1. The van der Waals surface area contributed by atoms with E-state index in [1.165, 1.54) is 0 Å². The molecule has 1 N–H and O–H groups in total. The van der Waals surface area contributed by atoms with Gasteiger partial charge in [0.2, 0.25) is 0 Å². The Morgan fingerprint density at radius 3 is 1.17 bits per heavy atom. The number of benzene rings is 6. The Hall–Kier alpha value is -5.61. The fourth-order valence-corrected chi connectivity index (χ4v) is 8.39. The largest absolute Gasteiger partial charge is 0.454 e. The van der Waals surface area contributed by atoms with Crippen molar-refractivity contribution in [3.8, 4) is 0 Å². The Morgan fingerprint density at radius 2 is 0.761 bits per heavy atom. The number of hydrogen-bond acceptors (Lipinski definition) is 12. The molecule has 2 heterocycles. The van der Waals surface area contributed by atoms with E-state index < -0.39 is 72.8 Å². The average molecular weight is 967 g/mol. The summed E-state index contributed by atoms with van der Waals surface area (Å²) in [5, 5.41) is 12.7. The number of aliphatic hydroxyl groups excluding tert-OH is 1. The summed E-state index contributed by atoms with van der Waals surface area (Å²) >= 11 is 0. The van der Waals surface area contributed by atoms with Crippen molar-refractivity contribution < 1.29 is 57.3 Å². The monoisotopic (exact) mass is 966 g/mol. The van der Waals surface area contributed by atoms with Crippen LogP contribution in [0, 0.1) is 5.41 Å². The zero-order chi connectivity index (χ0) is 49.3. The summed E-state index contributed by atoms with van der Waals surface area (Å²) in [6.45, 7) is 6.53. The smallest absolute Gasteiger partial charge is 0.311 e. The molecule has 2 aliphatic rings. The fraction of sp³-hybridized carbons (Fsp3) is 0.373. The quantitative estimate of drug-likeness (QED) is 0.0614. The van der Waals surface area contributed by atoms with Crippen LogP contribution in [0.1, 0.15) is 54.2 Å². The first-order valence-corrected chi connectivity index (χ1v) is 24.4. The van der Waals surface area contributed by atoms with Gasteiger partial charge < -0.3 is 52.5 Å². The Morgan fingerprint density at radius 1 is 0.423 bits per heavy atom. The Bertz CT molecular complexity index is 2420. The summed E-state index contributed by atoms with van der Waals surface area (Å²) in [7, 11) is 0. The van der Waals surface area contributed by atoms with Gasteiger partial charge in [-0.05, 0) is 54.2 Å². The lowest BCUT2D eigenvalue weighted by Crippen LogP contribution is -2.66. The molecule has 2 fully saturated rings. The molecule has 0 aromatic heterocycles. The third kappa shape index (κ3) is 15.2. The maximum Gasteiger partial charge on any atom is 0.311 e. The zero-order valence-electron chi connectivity index (χ0n) is 40.7. The van der Waals surface area contributed by atoms with Crippen LogP contribution in [0.3, 0.4) is 0 Å². The molecule has 0 unspecified atom stereocenters. The summed E-state index contributed by atoms with van der Waals surface area (Å²) in [6, 6.07) is 58.5. The summed E-state index contributed by atoms with van der Waals surface area (Å²) in [5.41, 5.74) is 4.58. The van der Waals surface area contributed by atoms with Crippen LogP contribution in [-0.2, 0) is 91.8 Å².